The second kappa shape index (κ2) is 8.05. The third-order valence-electron chi connectivity index (χ3n) is 3.44. The number of hydrogen-bond donors (Lipinski definition) is 2. The lowest BCUT2D eigenvalue weighted by Crippen LogP contribution is -2.43. The standard InChI is InChI=1S/C15H20N2O4S/c1-22-10-12(15(19)20)16-14(18)11-4-2-3-5-13(11)17-6-8-21-9-7-17/h2-5,12H,6-10H2,1H3,(H,16,18)(H,19,20)/t12-/m0/s1. The smallest absolute Gasteiger partial charge is 0.327 e. The highest BCUT2D eigenvalue weighted by Gasteiger charge is 2.23. The third-order valence-corrected chi connectivity index (χ3v) is 4.10. The molecule has 1 saturated heterocycles. The van der Waals surface area contributed by atoms with Crippen molar-refractivity contribution in [2.75, 3.05) is 43.2 Å². The van der Waals surface area contributed by atoms with Gasteiger partial charge in [-0.3, -0.25) is 4.79 Å². The van der Waals surface area contributed by atoms with Crippen molar-refractivity contribution in [3.63, 3.8) is 0 Å². The minimum Gasteiger partial charge on any atom is -0.480 e. The van der Waals surface area contributed by atoms with Crippen LogP contribution in [0.4, 0.5) is 5.69 Å². The van der Waals surface area contributed by atoms with Crippen molar-refractivity contribution in [1.29, 1.82) is 0 Å². The number of aliphatic carboxylic acids is 1. The number of carbonyl (C=O) groups is 2. The number of ether oxygens (including phenoxy) is 1. The summed E-state index contributed by atoms with van der Waals surface area (Å²) in [5.74, 6) is -1.05. The number of carboxylic acid groups (broad SMARTS) is 1. The van der Waals surface area contributed by atoms with Crippen LogP contribution in [0, 0.1) is 0 Å². The van der Waals surface area contributed by atoms with Gasteiger partial charge in [0.05, 0.1) is 18.8 Å². The van der Waals surface area contributed by atoms with Gasteiger partial charge in [0.2, 0.25) is 0 Å². The van der Waals surface area contributed by atoms with Gasteiger partial charge in [0.15, 0.2) is 0 Å². The highest BCUT2D eigenvalue weighted by atomic mass is 32.2. The largest absolute Gasteiger partial charge is 0.480 e. The van der Waals surface area contributed by atoms with Gasteiger partial charge in [0, 0.05) is 24.5 Å². The van der Waals surface area contributed by atoms with Crippen molar-refractivity contribution in [2.24, 2.45) is 0 Å². The number of morpholine rings is 1. The van der Waals surface area contributed by atoms with E-state index in [1.54, 1.807) is 12.1 Å². The first-order chi connectivity index (χ1) is 10.6. The van der Waals surface area contributed by atoms with E-state index in [9.17, 15) is 9.59 Å². The Morgan fingerprint density at radius 1 is 1.36 bits per heavy atom. The molecule has 1 fully saturated rings. The number of nitrogens with zero attached hydrogens (tertiary/aromatic N) is 1. The molecule has 2 rings (SSSR count). The molecule has 0 aliphatic carbocycles. The minimum absolute atomic E-state index is 0.334. The first-order valence-electron chi connectivity index (χ1n) is 7.08. The lowest BCUT2D eigenvalue weighted by Gasteiger charge is -2.30. The maximum absolute atomic E-state index is 12.5. The Morgan fingerprint density at radius 3 is 2.68 bits per heavy atom. The first-order valence-corrected chi connectivity index (χ1v) is 8.47. The average Bonchev–Trinajstić information content (AvgIpc) is 2.55. The Hall–Kier alpha value is -1.73. The van der Waals surface area contributed by atoms with E-state index in [1.165, 1.54) is 11.8 Å². The quantitative estimate of drug-likeness (QED) is 0.815. The van der Waals surface area contributed by atoms with E-state index in [4.69, 9.17) is 9.84 Å². The van der Waals surface area contributed by atoms with Gasteiger partial charge in [0.25, 0.3) is 5.91 Å². The molecule has 22 heavy (non-hydrogen) atoms. The van der Waals surface area contributed by atoms with Crippen molar-refractivity contribution >= 4 is 29.3 Å². The van der Waals surface area contributed by atoms with Crippen molar-refractivity contribution in [3.05, 3.63) is 29.8 Å². The monoisotopic (exact) mass is 324 g/mol. The molecule has 6 nitrogen and oxygen atoms in total. The second-order valence-electron chi connectivity index (χ2n) is 4.94. The van der Waals surface area contributed by atoms with Crippen LogP contribution in [0.15, 0.2) is 24.3 Å². The van der Waals surface area contributed by atoms with Gasteiger partial charge in [0.1, 0.15) is 6.04 Å². The molecule has 1 amide bonds. The predicted octanol–water partition coefficient (Wildman–Crippen LogP) is 1.07. The number of anilines is 1. The van der Waals surface area contributed by atoms with Crippen molar-refractivity contribution in [2.45, 2.75) is 6.04 Å². The summed E-state index contributed by atoms with van der Waals surface area (Å²) in [5, 5.41) is 11.8. The Bertz CT molecular complexity index is 532. The van der Waals surface area contributed by atoms with E-state index >= 15 is 0 Å². The summed E-state index contributed by atoms with van der Waals surface area (Å²) in [7, 11) is 0. The van der Waals surface area contributed by atoms with Crippen molar-refractivity contribution in [1.82, 2.24) is 5.32 Å². The predicted molar refractivity (Wildman–Crippen MR) is 86.7 cm³/mol. The van der Waals surface area contributed by atoms with Gasteiger partial charge in [-0.1, -0.05) is 12.1 Å². The van der Waals surface area contributed by atoms with Crippen LogP contribution in [0.1, 0.15) is 10.4 Å². The molecule has 7 heteroatoms. The molecule has 1 heterocycles. The summed E-state index contributed by atoms with van der Waals surface area (Å²) in [6.45, 7) is 2.69. The van der Waals surface area contributed by atoms with E-state index in [-0.39, 0.29) is 5.91 Å². The van der Waals surface area contributed by atoms with E-state index in [1.807, 2.05) is 18.4 Å². The summed E-state index contributed by atoms with van der Waals surface area (Å²) in [4.78, 5) is 25.7. The molecule has 2 N–H and O–H groups in total. The van der Waals surface area contributed by atoms with E-state index in [2.05, 4.69) is 10.2 Å². The fraction of sp³-hybridized carbons (Fsp3) is 0.467. The van der Waals surface area contributed by atoms with E-state index in [0.29, 0.717) is 24.5 Å². The molecule has 0 aromatic heterocycles. The van der Waals surface area contributed by atoms with E-state index < -0.39 is 12.0 Å². The summed E-state index contributed by atoms with van der Waals surface area (Å²) in [6, 6.07) is 6.37. The lowest BCUT2D eigenvalue weighted by molar-refractivity contribution is -0.138. The Balaban J connectivity index is 2.16. The lowest BCUT2D eigenvalue weighted by atomic mass is 10.1. The molecule has 120 valence electrons. The number of benzene rings is 1. The number of carbonyl (C=O) groups excluding carboxylic acids is 1. The highest BCUT2D eigenvalue weighted by molar-refractivity contribution is 7.98. The van der Waals surface area contributed by atoms with Gasteiger partial charge in [-0.15, -0.1) is 0 Å². The molecule has 0 saturated carbocycles. The molecular weight excluding hydrogens is 304 g/mol. The third kappa shape index (κ3) is 4.14. The first kappa shape index (κ1) is 16.6. The SMILES string of the molecule is CSC[C@H](NC(=O)c1ccccc1N1CCOCC1)C(=O)O. The van der Waals surface area contributed by atoms with Crippen LogP contribution in [0.2, 0.25) is 0 Å². The molecule has 1 atom stereocenters. The van der Waals surface area contributed by atoms with Crippen LogP contribution in [0.3, 0.4) is 0 Å². The molecule has 0 radical (unpaired) electrons. The molecule has 1 aromatic carbocycles. The fourth-order valence-electron chi connectivity index (χ4n) is 2.32. The van der Waals surface area contributed by atoms with Crippen molar-refractivity contribution < 1.29 is 19.4 Å². The number of thioether (sulfide) groups is 1. The maximum Gasteiger partial charge on any atom is 0.327 e. The van der Waals surface area contributed by atoms with Gasteiger partial charge in [-0.2, -0.15) is 11.8 Å². The molecule has 1 aromatic rings. The summed E-state index contributed by atoms with van der Waals surface area (Å²) >= 11 is 1.39. The molecule has 1 aliphatic heterocycles. The summed E-state index contributed by atoms with van der Waals surface area (Å²) < 4.78 is 5.33. The number of para-hydroxylation sites is 1. The zero-order valence-corrected chi connectivity index (χ0v) is 13.3. The van der Waals surface area contributed by atoms with Crippen molar-refractivity contribution in [3.8, 4) is 0 Å². The minimum atomic E-state index is -1.02. The van der Waals surface area contributed by atoms with Crippen LogP contribution >= 0.6 is 11.8 Å². The van der Waals surface area contributed by atoms with Crippen LogP contribution in [-0.4, -0.2) is 61.3 Å². The van der Waals surface area contributed by atoms with Crippen LogP contribution < -0.4 is 10.2 Å². The van der Waals surface area contributed by atoms with E-state index in [0.717, 1.165) is 18.8 Å². The van der Waals surface area contributed by atoms with Crippen LogP contribution in [0.25, 0.3) is 0 Å². The molecular formula is C15H20N2O4S. The molecule has 1 aliphatic rings. The average molecular weight is 324 g/mol. The molecule has 0 spiro atoms. The van der Waals surface area contributed by atoms with Gasteiger partial charge < -0.3 is 20.1 Å². The molecule has 0 bridgehead atoms. The highest BCUT2D eigenvalue weighted by Crippen LogP contribution is 2.21. The number of nitrogens with one attached hydrogen (secondary N) is 1. The summed E-state index contributed by atoms with van der Waals surface area (Å²) in [5.41, 5.74) is 1.31. The zero-order chi connectivity index (χ0) is 15.9. The zero-order valence-electron chi connectivity index (χ0n) is 12.4. The number of rotatable bonds is 6. The Labute approximate surface area is 133 Å². The number of amides is 1. The van der Waals surface area contributed by atoms with Crippen LogP contribution in [0.5, 0.6) is 0 Å². The summed E-state index contributed by atoms with van der Waals surface area (Å²) in [6.07, 6.45) is 1.81. The Kier molecular flexibility index (Phi) is 6.09. The van der Waals surface area contributed by atoms with Gasteiger partial charge in [-0.25, -0.2) is 4.79 Å². The van der Waals surface area contributed by atoms with Crippen LogP contribution in [-0.2, 0) is 9.53 Å². The fourth-order valence-corrected chi connectivity index (χ4v) is 2.88. The number of carboxylic acids is 1. The maximum atomic E-state index is 12.5. The Morgan fingerprint density at radius 2 is 2.05 bits per heavy atom. The molecule has 0 unspecified atom stereocenters. The number of hydrogen-bond acceptors (Lipinski definition) is 5. The van der Waals surface area contributed by atoms with Gasteiger partial charge in [-0.05, 0) is 18.4 Å². The van der Waals surface area contributed by atoms with Gasteiger partial charge >= 0.3 is 5.97 Å². The topological polar surface area (TPSA) is 78.9 Å². The second-order valence-corrected chi connectivity index (χ2v) is 5.85. The normalized spacial score (nSPS) is 16.1.